The van der Waals surface area contributed by atoms with Gasteiger partial charge in [0.2, 0.25) is 0 Å². The van der Waals surface area contributed by atoms with Gasteiger partial charge in [0.15, 0.2) is 0 Å². The summed E-state index contributed by atoms with van der Waals surface area (Å²) in [5, 5.41) is 0. The van der Waals surface area contributed by atoms with Crippen LogP contribution in [0.3, 0.4) is 0 Å². The van der Waals surface area contributed by atoms with E-state index in [1.165, 1.54) is 11.1 Å². The van der Waals surface area contributed by atoms with Crippen LogP contribution in [-0.2, 0) is 4.87 Å². The van der Waals surface area contributed by atoms with Crippen molar-refractivity contribution in [3.05, 3.63) is 89.7 Å². The summed E-state index contributed by atoms with van der Waals surface area (Å²) in [4.78, 5) is 3.81. The molecule has 0 saturated carbocycles. The van der Waals surface area contributed by atoms with Crippen molar-refractivity contribution in [2.45, 2.75) is 4.87 Å². The first kappa shape index (κ1) is 11.7. The highest BCUT2D eigenvalue weighted by Crippen LogP contribution is 2.54. The van der Waals surface area contributed by atoms with Crippen LogP contribution in [-0.4, -0.2) is 4.98 Å². The van der Waals surface area contributed by atoms with Crippen LogP contribution in [0.4, 0.5) is 0 Å². The second-order valence-corrected chi connectivity index (χ2v) is 5.53. The van der Waals surface area contributed by atoms with Crippen molar-refractivity contribution >= 4 is 11.6 Å². The summed E-state index contributed by atoms with van der Waals surface area (Å²) in [6, 6.07) is 22.5. The summed E-state index contributed by atoms with van der Waals surface area (Å²) in [7, 11) is 0. The van der Waals surface area contributed by atoms with Crippen LogP contribution in [0.1, 0.15) is 16.8 Å². The van der Waals surface area contributed by atoms with E-state index >= 15 is 0 Å². The maximum Gasteiger partial charge on any atom is 0.137 e. The minimum absolute atomic E-state index is 0.686. The molecule has 0 fully saturated rings. The Morgan fingerprint density at radius 2 is 1.25 bits per heavy atom. The molecule has 0 bridgehead atoms. The Hall–Kier alpha value is -2.12. The number of rotatable bonds is 1. The molecule has 0 saturated heterocycles. The summed E-state index contributed by atoms with van der Waals surface area (Å²) in [5.74, 6) is 0. The highest BCUT2D eigenvalue weighted by atomic mass is 35.5. The highest BCUT2D eigenvalue weighted by Gasteiger charge is 2.43. The zero-order valence-corrected chi connectivity index (χ0v) is 11.5. The topological polar surface area (TPSA) is 12.9 Å². The number of aromatic nitrogens is 1. The lowest BCUT2D eigenvalue weighted by atomic mass is 9.92. The molecule has 3 aromatic rings. The molecule has 2 heteroatoms. The molecule has 0 radical (unpaired) electrons. The number of hydrogen-bond donors (Lipinski definition) is 0. The van der Waals surface area contributed by atoms with E-state index in [2.05, 4.69) is 41.4 Å². The predicted molar refractivity (Wildman–Crippen MR) is 81.9 cm³/mol. The largest absolute Gasteiger partial charge is 0.259 e. The van der Waals surface area contributed by atoms with Gasteiger partial charge < -0.3 is 0 Å². The van der Waals surface area contributed by atoms with Gasteiger partial charge in [-0.2, -0.15) is 0 Å². The lowest BCUT2D eigenvalue weighted by molar-refractivity contribution is 0.859. The van der Waals surface area contributed by atoms with Gasteiger partial charge in [0.25, 0.3) is 0 Å². The van der Waals surface area contributed by atoms with Gasteiger partial charge in [-0.05, 0) is 34.4 Å². The molecule has 1 aromatic heterocycles. The predicted octanol–water partition coefficient (Wildman–Crippen LogP) is 4.59. The Balaban J connectivity index is 2.10. The summed E-state index contributed by atoms with van der Waals surface area (Å²) in [6.45, 7) is 0. The van der Waals surface area contributed by atoms with Crippen molar-refractivity contribution in [1.82, 2.24) is 4.98 Å². The van der Waals surface area contributed by atoms with Crippen LogP contribution in [0.5, 0.6) is 0 Å². The summed E-state index contributed by atoms with van der Waals surface area (Å²) < 4.78 is 0. The fourth-order valence-corrected chi connectivity index (χ4v) is 3.47. The van der Waals surface area contributed by atoms with Crippen LogP contribution < -0.4 is 0 Å². The van der Waals surface area contributed by atoms with Crippen LogP contribution >= 0.6 is 11.6 Å². The number of hydrogen-bond acceptors (Lipinski definition) is 1. The van der Waals surface area contributed by atoms with Crippen molar-refractivity contribution in [2.75, 3.05) is 0 Å². The van der Waals surface area contributed by atoms with Gasteiger partial charge >= 0.3 is 0 Å². The van der Waals surface area contributed by atoms with Crippen molar-refractivity contribution in [3.63, 3.8) is 0 Å². The van der Waals surface area contributed by atoms with Crippen LogP contribution in [0.15, 0.2) is 72.9 Å². The van der Waals surface area contributed by atoms with Crippen molar-refractivity contribution in [2.24, 2.45) is 0 Å². The summed E-state index contributed by atoms with van der Waals surface area (Å²) in [6.07, 6.45) is 1.79. The molecule has 1 nitrogen and oxygen atoms in total. The number of benzene rings is 2. The molecule has 0 N–H and O–H groups in total. The molecule has 20 heavy (non-hydrogen) atoms. The van der Waals surface area contributed by atoms with Gasteiger partial charge in [-0.3, -0.25) is 4.98 Å². The molecule has 0 aliphatic heterocycles. The van der Waals surface area contributed by atoms with Crippen LogP contribution in [0.2, 0.25) is 0 Å². The Bertz CT molecular complexity index is 735. The quantitative estimate of drug-likeness (QED) is 0.593. The monoisotopic (exact) mass is 277 g/mol. The molecule has 0 amide bonds. The zero-order valence-electron chi connectivity index (χ0n) is 10.8. The lowest BCUT2D eigenvalue weighted by Crippen LogP contribution is -2.20. The van der Waals surface area contributed by atoms with E-state index in [-0.39, 0.29) is 0 Å². The number of halogens is 1. The molecule has 96 valence electrons. The molecular weight excluding hydrogens is 266 g/mol. The normalized spacial score (nSPS) is 14.7. The fourth-order valence-electron chi connectivity index (χ4n) is 3.02. The number of alkyl halides is 1. The minimum Gasteiger partial charge on any atom is -0.259 e. The molecule has 1 heterocycles. The van der Waals surface area contributed by atoms with Gasteiger partial charge in [0, 0.05) is 6.20 Å². The highest BCUT2D eigenvalue weighted by molar-refractivity contribution is 6.30. The number of nitrogens with zero attached hydrogens (tertiary/aromatic N) is 1. The third-order valence-electron chi connectivity index (χ3n) is 3.90. The first-order valence-corrected chi connectivity index (χ1v) is 6.99. The van der Waals surface area contributed by atoms with Crippen molar-refractivity contribution < 1.29 is 0 Å². The summed E-state index contributed by atoms with van der Waals surface area (Å²) in [5.41, 5.74) is 5.50. The molecule has 2 aromatic carbocycles. The average molecular weight is 278 g/mol. The fraction of sp³-hybridized carbons (Fsp3) is 0.0556. The van der Waals surface area contributed by atoms with E-state index in [0.29, 0.717) is 0 Å². The first-order chi connectivity index (χ1) is 9.82. The van der Waals surface area contributed by atoms with Gasteiger partial charge in [-0.15, -0.1) is 11.6 Å². The molecule has 4 rings (SSSR count). The second-order valence-electron chi connectivity index (χ2n) is 4.96. The average Bonchev–Trinajstić information content (AvgIpc) is 2.80. The van der Waals surface area contributed by atoms with Gasteiger partial charge in [0.05, 0.1) is 5.69 Å². The Morgan fingerprint density at radius 3 is 1.80 bits per heavy atom. The maximum atomic E-state index is 7.09. The minimum atomic E-state index is -0.686. The Labute approximate surface area is 122 Å². The smallest absolute Gasteiger partial charge is 0.137 e. The Morgan fingerprint density at radius 1 is 0.700 bits per heavy atom. The van der Waals surface area contributed by atoms with Gasteiger partial charge in [-0.25, -0.2) is 0 Å². The molecule has 1 aliphatic carbocycles. The van der Waals surface area contributed by atoms with E-state index in [1.54, 1.807) is 6.20 Å². The van der Waals surface area contributed by atoms with E-state index in [4.69, 9.17) is 11.6 Å². The first-order valence-electron chi connectivity index (χ1n) is 6.61. The molecular formula is C18H12ClN. The SMILES string of the molecule is ClC1(c2ccccn2)c2ccccc2-c2ccccc21. The molecule has 0 atom stereocenters. The molecule has 0 unspecified atom stereocenters. The summed E-state index contributed by atoms with van der Waals surface area (Å²) >= 11 is 7.09. The van der Waals surface area contributed by atoms with E-state index in [9.17, 15) is 0 Å². The standard InChI is InChI=1S/C18H12ClN/c19-18(17-11-5-6-12-20-17)15-9-3-1-7-13(15)14-8-2-4-10-16(14)18/h1-12H. The van der Waals surface area contributed by atoms with E-state index < -0.39 is 4.87 Å². The number of pyridine rings is 1. The third-order valence-corrected chi connectivity index (χ3v) is 4.51. The van der Waals surface area contributed by atoms with E-state index in [1.807, 2.05) is 30.3 Å². The van der Waals surface area contributed by atoms with E-state index in [0.717, 1.165) is 16.8 Å². The van der Waals surface area contributed by atoms with Crippen molar-refractivity contribution in [3.8, 4) is 11.1 Å². The van der Waals surface area contributed by atoms with Gasteiger partial charge in [-0.1, -0.05) is 54.6 Å². The van der Waals surface area contributed by atoms with Crippen molar-refractivity contribution in [1.29, 1.82) is 0 Å². The zero-order chi connectivity index (χ0) is 13.6. The maximum absolute atomic E-state index is 7.09. The Kier molecular flexibility index (Phi) is 2.45. The third kappa shape index (κ3) is 1.41. The molecule has 0 spiro atoms. The second kappa shape index (κ2) is 4.19. The van der Waals surface area contributed by atoms with Crippen LogP contribution in [0, 0.1) is 0 Å². The van der Waals surface area contributed by atoms with Gasteiger partial charge in [0.1, 0.15) is 4.87 Å². The lowest BCUT2D eigenvalue weighted by Gasteiger charge is -2.23. The number of fused-ring (bicyclic) bond motifs is 3. The molecule has 1 aliphatic rings. The van der Waals surface area contributed by atoms with Crippen LogP contribution in [0.25, 0.3) is 11.1 Å².